The molecule has 0 fully saturated rings. The summed E-state index contributed by atoms with van der Waals surface area (Å²) in [5, 5.41) is 12.3. The molecule has 0 saturated carbocycles. The lowest BCUT2D eigenvalue weighted by Crippen LogP contribution is -2.00. The van der Waals surface area contributed by atoms with Gasteiger partial charge in [0.2, 0.25) is 0 Å². The Kier molecular flexibility index (Phi) is 3.99. The van der Waals surface area contributed by atoms with Gasteiger partial charge < -0.3 is 5.32 Å². The van der Waals surface area contributed by atoms with E-state index >= 15 is 0 Å². The summed E-state index contributed by atoms with van der Waals surface area (Å²) in [6.07, 6.45) is 0. The molecule has 0 aliphatic rings. The van der Waals surface area contributed by atoms with Gasteiger partial charge in [0.1, 0.15) is 6.07 Å². The maximum Gasteiger partial charge on any atom is 0.100 e. The Hall–Kier alpha value is -0.980. The monoisotopic (exact) mass is 270 g/mol. The first kappa shape index (κ1) is 11.1. The van der Waals surface area contributed by atoms with E-state index in [0.29, 0.717) is 17.1 Å². The molecule has 0 bridgehead atoms. The molecule has 1 N–H and O–H groups in total. The van der Waals surface area contributed by atoms with E-state index < -0.39 is 0 Å². The van der Waals surface area contributed by atoms with Gasteiger partial charge in [-0.25, -0.2) is 0 Å². The van der Waals surface area contributed by atoms with E-state index in [0.717, 1.165) is 10.2 Å². The smallest absolute Gasteiger partial charge is 0.100 e. The highest BCUT2D eigenvalue weighted by molar-refractivity contribution is 9.10. The molecule has 0 aromatic heterocycles. The van der Waals surface area contributed by atoms with Crippen LogP contribution >= 0.6 is 27.5 Å². The molecule has 0 unspecified atom stereocenters. The fourth-order valence-corrected chi connectivity index (χ4v) is 1.45. The maximum atomic E-state index is 8.69. The zero-order valence-corrected chi connectivity index (χ0v) is 9.69. The van der Waals surface area contributed by atoms with Gasteiger partial charge in [0.05, 0.1) is 12.1 Å². The summed E-state index contributed by atoms with van der Waals surface area (Å²) in [4.78, 5) is 0. The summed E-state index contributed by atoms with van der Waals surface area (Å²) >= 11 is 8.90. The minimum absolute atomic E-state index is 0.514. The number of halogens is 2. The Morgan fingerprint density at radius 2 is 2.36 bits per heavy atom. The van der Waals surface area contributed by atoms with Crippen LogP contribution in [0.4, 0.5) is 5.69 Å². The summed E-state index contributed by atoms with van der Waals surface area (Å²) in [7, 11) is 0. The van der Waals surface area contributed by atoms with Gasteiger partial charge >= 0.3 is 0 Å². The van der Waals surface area contributed by atoms with Crippen molar-refractivity contribution in [1.29, 1.82) is 5.26 Å². The van der Waals surface area contributed by atoms with Crippen LogP contribution in [0.3, 0.4) is 0 Å². The van der Waals surface area contributed by atoms with Crippen molar-refractivity contribution in [2.24, 2.45) is 0 Å². The van der Waals surface area contributed by atoms with Crippen molar-refractivity contribution >= 4 is 33.2 Å². The molecule has 1 aromatic carbocycles. The summed E-state index contributed by atoms with van der Waals surface area (Å²) in [5.41, 5.74) is 1.51. The zero-order chi connectivity index (χ0) is 10.6. The molecule has 2 nitrogen and oxygen atoms in total. The van der Waals surface area contributed by atoms with Crippen molar-refractivity contribution in [2.75, 3.05) is 11.9 Å². The van der Waals surface area contributed by atoms with Crippen LogP contribution in [0.2, 0.25) is 0 Å². The number of hydrogen-bond acceptors (Lipinski definition) is 2. The van der Waals surface area contributed by atoms with Crippen LogP contribution in [0.1, 0.15) is 5.56 Å². The Morgan fingerprint density at radius 3 is 2.86 bits per heavy atom. The molecule has 0 atom stereocenters. The van der Waals surface area contributed by atoms with Crippen LogP contribution in [0.25, 0.3) is 0 Å². The summed E-state index contributed by atoms with van der Waals surface area (Å²) in [6, 6.07) is 7.46. The first-order chi connectivity index (χ1) is 6.63. The molecule has 1 aromatic rings. The van der Waals surface area contributed by atoms with Crippen LogP contribution < -0.4 is 5.32 Å². The first-order valence-corrected chi connectivity index (χ1v) is 5.07. The summed E-state index contributed by atoms with van der Waals surface area (Å²) in [6.45, 7) is 4.08. The predicted molar refractivity (Wildman–Crippen MR) is 62.3 cm³/mol. The van der Waals surface area contributed by atoms with Crippen molar-refractivity contribution in [2.45, 2.75) is 0 Å². The number of nitrogens with zero attached hydrogens (tertiary/aromatic N) is 1. The van der Waals surface area contributed by atoms with Crippen LogP contribution in [-0.4, -0.2) is 6.54 Å². The van der Waals surface area contributed by atoms with Gasteiger partial charge in [-0.05, 0) is 34.1 Å². The molecule has 0 aliphatic carbocycles. The number of nitriles is 1. The minimum atomic E-state index is 0.514. The van der Waals surface area contributed by atoms with Crippen molar-refractivity contribution in [3.63, 3.8) is 0 Å². The molecule has 0 saturated heterocycles. The average molecular weight is 272 g/mol. The van der Waals surface area contributed by atoms with Gasteiger partial charge in [-0.15, -0.1) is 0 Å². The molecule has 14 heavy (non-hydrogen) atoms. The Bertz CT molecular complexity index is 396. The summed E-state index contributed by atoms with van der Waals surface area (Å²) < 4.78 is 0.769. The van der Waals surface area contributed by atoms with Crippen molar-refractivity contribution < 1.29 is 0 Å². The molecular formula is C10H8BrClN2. The van der Waals surface area contributed by atoms with E-state index in [1.54, 1.807) is 6.07 Å². The van der Waals surface area contributed by atoms with Gasteiger partial charge in [-0.1, -0.05) is 18.2 Å². The van der Waals surface area contributed by atoms with Crippen LogP contribution in [-0.2, 0) is 0 Å². The van der Waals surface area contributed by atoms with Crippen molar-refractivity contribution in [3.8, 4) is 6.07 Å². The second-order valence-corrected chi connectivity index (χ2v) is 4.07. The average Bonchev–Trinajstić information content (AvgIpc) is 2.15. The largest absolute Gasteiger partial charge is 0.380 e. The number of nitrogens with one attached hydrogen (secondary N) is 1. The van der Waals surface area contributed by atoms with E-state index in [2.05, 4.69) is 33.9 Å². The highest BCUT2D eigenvalue weighted by Gasteiger charge is 1.99. The molecular weight excluding hydrogens is 263 g/mol. The quantitative estimate of drug-likeness (QED) is 0.913. The summed E-state index contributed by atoms with van der Waals surface area (Å²) in [5.74, 6) is 0. The molecule has 1 rings (SSSR count). The molecule has 72 valence electrons. The SMILES string of the molecule is C=C(Cl)CNc1ccc(C#N)c(Br)c1. The van der Waals surface area contributed by atoms with Gasteiger partial charge in [0.15, 0.2) is 0 Å². The lowest BCUT2D eigenvalue weighted by Gasteiger charge is -2.05. The van der Waals surface area contributed by atoms with E-state index in [1.165, 1.54) is 0 Å². The van der Waals surface area contributed by atoms with Crippen LogP contribution in [0, 0.1) is 11.3 Å². The van der Waals surface area contributed by atoms with Crippen LogP contribution in [0.5, 0.6) is 0 Å². The van der Waals surface area contributed by atoms with Gasteiger partial charge in [-0.2, -0.15) is 5.26 Å². The molecule has 0 heterocycles. The number of benzene rings is 1. The molecule has 4 heteroatoms. The fraction of sp³-hybridized carbons (Fsp3) is 0.100. The third-order valence-corrected chi connectivity index (χ3v) is 2.36. The Labute approximate surface area is 96.3 Å². The zero-order valence-electron chi connectivity index (χ0n) is 7.35. The van der Waals surface area contributed by atoms with E-state index in [4.69, 9.17) is 16.9 Å². The topological polar surface area (TPSA) is 35.8 Å². The third kappa shape index (κ3) is 3.06. The van der Waals surface area contributed by atoms with Gasteiger partial charge in [0, 0.05) is 15.2 Å². The lowest BCUT2D eigenvalue weighted by molar-refractivity contribution is 1.31. The van der Waals surface area contributed by atoms with Crippen LogP contribution in [0.15, 0.2) is 34.3 Å². The van der Waals surface area contributed by atoms with E-state index in [1.807, 2.05) is 12.1 Å². The molecule has 0 amide bonds. The highest BCUT2D eigenvalue weighted by Crippen LogP contribution is 2.20. The second kappa shape index (κ2) is 5.04. The normalized spacial score (nSPS) is 9.21. The van der Waals surface area contributed by atoms with Gasteiger partial charge in [0.25, 0.3) is 0 Å². The number of rotatable bonds is 3. The molecule has 0 radical (unpaired) electrons. The molecule has 0 spiro atoms. The Morgan fingerprint density at radius 1 is 1.64 bits per heavy atom. The second-order valence-electron chi connectivity index (χ2n) is 2.68. The van der Waals surface area contributed by atoms with Crippen molar-refractivity contribution in [3.05, 3.63) is 39.8 Å². The lowest BCUT2D eigenvalue weighted by atomic mass is 10.2. The highest BCUT2D eigenvalue weighted by atomic mass is 79.9. The Balaban J connectivity index is 2.77. The standard InChI is InChI=1S/C10H8BrClN2/c1-7(12)6-14-9-3-2-8(5-13)10(11)4-9/h2-4,14H,1,6H2. The molecule has 0 aliphatic heterocycles. The minimum Gasteiger partial charge on any atom is -0.380 e. The maximum absolute atomic E-state index is 8.69. The first-order valence-electron chi connectivity index (χ1n) is 3.90. The van der Waals surface area contributed by atoms with Gasteiger partial charge in [-0.3, -0.25) is 0 Å². The van der Waals surface area contributed by atoms with Crippen molar-refractivity contribution in [1.82, 2.24) is 0 Å². The fourth-order valence-electron chi connectivity index (χ4n) is 0.914. The predicted octanol–water partition coefficient (Wildman–Crippen LogP) is 3.49. The van der Waals surface area contributed by atoms with E-state index in [-0.39, 0.29) is 0 Å². The van der Waals surface area contributed by atoms with E-state index in [9.17, 15) is 0 Å². The third-order valence-electron chi connectivity index (χ3n) is 1.57. The number of anilines is 1. The number of hydrogen-bond donors (Lipinski definition) is 1.